The molecule has 10 aliphatic rings. The number of ether oxygens (including phenoxy) is 10. The molecule has 0 bridgehead atoms. The fraction of sp³-hybridized carbons (Fsp3) is 0.961. The Kier molecular flexibility index (Phi) is 15.1. The molecule has 6 saturated heterocycles. The molecule has 10 N–H and O–H groups in total. The van der Waals surface area contributed by atoms with E-state index in [4.69, 9.17) is 47.4 Å². The molecule has 6 heterocycles. The number of hydrogen-bond donors (Lipinski definition) is 10. The van der Waals surface area contributed by atoms with E-state index in [1.807, 2.05) is 0 Å². The fourth-order valence-corrected chi connectivity index (χ4v) is 15.4. The van der Waals surface area contributed by atoms with Crippen LogP contribution >= 0.6 is 0 Å². The van der Waals surface area contributed by atoms with Crippen molar-refractivity contribution in [1.82, 2.24) is 0 Å². The first-order valence-electron chi connectivity index (χ1n) is 26.6. The Hall–Kier alpha value is -1.06. The van der Waals surface area contributed by atoms with Crippen LogP contribution in [-0.4, -0.2) is 205 Å². The van der Waals surface area contributed by atoms with E-state index in [1.54, 1.807) is 6.92 Å². The van der Waals surface area contributed by atoms with Gasteiger partial charge in [0.1, 0.15) is 79.4 Å². The number of rotatable bonds is 9. The number of hydrogen-bond acceptors (Lipinski definition) is 20. The van der Waals surface area contributed by atoms with Gasteiger partial charge in [0.2, 0.25) is 0 Å². The van der Waals surface area contributed by atoms with Crippen LogP contribution in [0, 0.1) is 46.3 Å². The van der Waals surface area contributed by atoms with E-state index in [9.17, 15) is 51.1 Å². The lowest BCUT2D eigenvalue weighted by atomic mass is 9.47. The van der Waals surface area contributed by atoms with Crippen molar-refractivity contribution in [1.29, 1.82) is 0 Å². The topological polar surface area (TPSA) is 295 Å². The quantitative estimate of drug-likeness (QED) is 0.137. The van der Waals surface area contributed by atoms with E-state index in [0.717, 1.165) is 51.6 Å². The highest BCUT2D eigenvalue weighted by molar-refractivity contribution is 5.26. The lowest BCUT2D eigenvalue weighted by Gasteiger charge is -2.59. The van der Waals surface area contributed by atoms with Gasteiger partial charge in [-0.2, -0.15) is 0 Å². The highest BCUT2D eigenvalue weighted by Gasteiger charge is 2.69. The van der Waals surface area contributed by atoms with Crippen LogP contribution in [0.5, 0.6) is 0 Å². The molecular formula is C51H82O20. The van der Waals surface area contributed by atoms with Crippen LogP contribution in [-0.2, 0) is 47.4 Å². The molecule has 20 heteroatoms. The van der Waals surface area contributed by atoms with Crippen molar-refractivity contribution in [2.45, 2.75) is 247 Å². The first-order chi connectivity index (χ1) is 33.6. The molecule has 0 aromatic rings. The van der Waals surface area contributed by atoms with Crippen LogP contribution in [0.15, 0.2) is 11.6 Å². The van der Waals surface area contributed by atoms with Crippen LogP contribution in [0.2, 0.25) is 0 Å². The number of allylic oxidation sites excluding steroid dienone is 1. The molecule has 0 unspecified atom stereocenters. The third kappa shape index (κ3) is 9.03. The van der Waals surface area contributed by atoms with Gasteiger partial charge in [-0.3, -0.25) is 0 Å². The van der Waals surface area contributed by atoms with E-state index in [1.165, 1.54) is 19.4 Å². The maximum Gasteiger partial charge on any atom is 0.187 e. The number of fused-ring (bicyclic) bond motifs is 7. The summed E-state index contributed by atoms with van der Waals surface area (Å²) in [5.41, 5.74) is 1.39. The van der Waals surface area contributed by atoms with Crippen molar-refractivity contribution in [3.63, 3.8) is 0 Å². The molecule has 0 aromatic heterocycles. The zero-order chi connectivity index (χ0) is 50.8. The summed E-state index contributed by atoms with van der Waals surface area (Å²) in [4.78, 5) is 0. The van der Waals surface area contributed by atoms with Crippen LogP contribution < -0.4 is 0 Å². The van der Waals surface area contributed by atoms with Crippen molar-refractivity contribution in [2.75, 3.05) is 13.2 Å². The zero-order valence-corrected chi connectivity index (χ0v) is 42.1. The molecule has 20 nitrogen and oxygen atoms in total. The molecule has 6 aliphatic heterocycles. The summed E-state index contributed by atoms with van der Waals surface area (Å²) in [7, 11) is 0. The minimum Gasteiger partial charge on any atom is -0.394 e. The maximum absolute atomic E-state index is 11.3. The summed E-state index contributed by atoms with van der Waals surface area (Å²) in [5.74, 6) is 2.37. The second-order valence-corrected chi connectivity index (χ2v) is 23.8. The molecule has 31 atom stereocenters. The Bertz CT molecular complexity index is 1890. The van der Waals surface area contributed by atoms with Gasteiger partial charge in [-0.1, -0.05) is 39.3 Å². The molecule has 0 amide bonds. The Morgan fingerprint density at radius 2 is 1.18 bits per heavy atom. The summed E-state index contributed by atoms with van der Waals surface area (Å²) in [6.45, 7) is 14.2. The van der Waals surface area contributed by atoms with Gasteiger partial charge in [0, 0.05) is 12.3 Å². The third-order valence-corrected chi connectivity index (χ3v) is 19.7. The number of aliphatic hydroxyl groups excluding tert-OH is 10. The monoisotopic (exact) mass is 1010 g/mol. The maximum atomic E-state index is 11.3. The van der Waals surface area contributed by atoms with Gasteiger partial charge >= 0.3 is 0 Å². The summed E-state index contributed by atoms with van der Waals surface area (Å²) in [6.07, 6.45) is -19.9. The number of aliphatic hydroxyl groups is 10. The van der Waals surface area contributed by atoms with Crippen molar-refractivity contribution in [3.05, 3.63) is 11.6 Å². The standard InChI is InChI=1S/C51H82O20/c1-20-10-15-51(62-19-20)21(2)32-30(71-51)17-29-27-9-8-25-16-26(11-13-49(25,6)28(27)12-14-50(29,32)7)66-48-44(70-47-41(61)38(58)35(55)31(18-52)67-47)43(69-46-40(60)37(57)34(54)23(4)64-46)42(24(5)65-48)68-45-39(59)36(56)33(53)22(3)63-45/h8,20-24,26-48,52-61H,9-19H2,1-7H3/t20-,21+,22+,23+,24+,26+,27-,28+,29+,30+,31-,32+,33+,34+,35-,36-,37-,38+,39-,40-,41-,42+,43-,44-,45+,46+,47+,48+,49+,50+,51-/m1/s1. The molecule has 0 radical (unpaired) electrons. The first-order valence-corrected chi connectivity index (χ1v) is 26.6. The van der Waals surface area contributed by atoms with E-state index >= 15 is 0 Å². The Morgan fingerprint density at radius 3 is 1.80 bits per heavy atom. The van der Waals surface area contributed by atoms with E-state index < -0.39 is 141 Å². The predicted octanol–water partition coefficient (Wildman–Crippen LogP) is 0.0935. The second-order valence-electron chi connectivity index (χ2n) is 23.8. The minimum absolute atomic E-state index is 0.0810. The summed E-state index contributed by atoms with van der Waals surface area (Å²) in [6, 6.07) is 0. The fourth-order valence-electron chi connectivity index (χ4n) is 15.4. The normalized spacial score (nSPS) is 58.4. The molecule has 0 aromatic carbocycles. The molecule has 9 fully saturated rings. The van der Waals surface area contributed by atoms with Gasteiger partial charge in [-0.05, 0) is 113 Å². The summed E-state index contributed by atoms with van der Waals surface area (Å²) < 4.78 is 64.1. The molecule has 10 rings (SSSR count). The lowest BCUT2D eigenvalue weighted by Crippen LogP contribution is -2.68. The van der Waals surface area contributed by atoms with E-state index in [0.29, 0.717) is 48.3 Å². The Morgan fingerprint density at radius 1 is 0.592 bits per heavy atom. The minimum atomic E-state index is -1.88. The first kappa shape index (κ1) is 53.3. The summed E-state index contributed by atoms with van der Waals surface area (Å²) in [5, 5.41) is 108. The van der Waals surface area contributed by atoms with Crippen LogP contribution in [0.25, 0.3) is 0 Å². The van der Waals surface area contributed by atoms with E-state index in [2.05, 4.69) is 33.8 Å². The SMILES string of the molecule is C[C@@H]1CC[C@@]2(OC1)O[C@H]1C[C@H]3[C@@H]4CC=C5C[C@@H](O[C@@H]6O[C@@H](C)[C@H](O[C@@H]7O[C@@H](C)[C@H](O)[C@@H](O)[C@H]7O)[C@@H](O[C@@H]7O[C@@H](C)[C@H](O)[C@@H](O)[C@H]7O)[C@H]6O[C@@H]6O[C@H](CO)[C@@H](O)[C@H](O)[C@H]6O)CC[C@]5(C)[C@H]4CC[C@]3(C)[C@H]1[C@@H]2C. The Labute approximate surface area is 415 Å². The second kappa shape index (κ2) is 20.1. The Balaban J connectivity index is 0.921. The van der Waals surface area contributed by atoms with Gasteiger partial charge in [0.15, 0.2) is 30.9 Å². The van der Waals surface area contributed by atoms with E-state index in [-0.39, 0.29) is 16.9 Å². The molecule has 406 valence electrons. The van der Waals surface area contributed by atoms with Crippen molar-refractivity contribution in [2.24, 2.45) is 46.3 Å². The highest BCUT2D eigenvalue weighted by atomic mass is 16.8. The highest BCUT2D eigenvalue weighted by Crippen LogP contribution is 2.71. The van der Waals surface area contributed by atoms with Gasteiger partial charge in [0.05, 0.1) is 43.7 Å². The molecule has 71 heavy (non-hydrogen) atoms. The van der Waals surface area contributed by atoms with Crippen molar-refractivity contribution >= 4 is 0 Å². The largest absolute Gasteiger partial charge is 0.394 e. The van der Waals surface area contributed by atoms with Crippen LogP contribution in [0.3, 0.4) is 0 Å². The molecular weight excluding hydrogens is 933 g/mol. The smallest absolute Gasteiger partial charge is 0.187 e. The van der Waals surface area contributed by atoms with Crippen LogP contribution in [0.1, 0.15) is 106 Å². The van der Waals surface area contributed by atoms with Gasteiger partial charge in [-0.25, -0.2) is 0 Å². The zero-order valence-electron chi connectivity index (χ0n) is 42.1. The van der Waals surface area contributed by atoms with Crippen molar-refractivity contribution < 1.29 is 98.4 Å². The lowest BCUT2D eigenvalue weighted by molar-refractivity contribution is -0.407. The van der Waals surface area contributed by atoms with Crippen LogP contribution in [0.4, 0.5) is 0 Å². The molecule has 1 spiro atoms. The molecule has 4 aliphatic carbocycles. The predicted molar refractivity (Wildman–Crippen MR) is 244 cm³/mol. The van der Waals surface area contributed by atoms with Gasteiger partial charge in [-0.15, -0.1) is 0 Å². The van der Waals surface area contributed by atoms with Crippen molar-refractivity contribution in [3.8, 4) is 0 Å². The summed E-state index contributed by atoms with van der Waals surface area (Å²) >= 11 is 0. The molecule has 3 saturated carbocycles. The average Bonchev–Trinajstić information content (AvgIpc) is 3.79. The third-order valence-electron chi connectivity index (χ3n) is 19.7. The average molecular weight is 1020 g/mol. The van der Waals surface area contributed by atoms with Gasteiger partial charge in [0.25, 0.3) is 0 Å². The van der Waals surface area contributed by atoms with Gasteiger partial charge < -0.3 is 98.4 Å².